The standard InChI is InChI=1S/C12H11F2N5OS/c1-19-12(15-17-18-19)21-6-7-5-10(16-20-7)11-8(13)3-2-4-9(11)14/h2-4,7H,5-6H2,1H3/t7-/m1/s1. The summed E-state index contributed by atoms with van der Waals surface area (Å²) in [6.07, 6.45) is 0.0802. The van der Waals surface area contributed by atoms with Gasteiger partial charge in [-0.1, -0.05) is 23.0 Å². The summed E-state index contributed by atoms with van der Waals surface area (Å²) in [7, 11) is 1.73. The Morgan fingerprint density at radius 2 is 2.14 bits per heavy atom. The molecule has 2 aromatic rings. The summed E-state index contributed by atoms with van der Waals surface area (Å²) < 4.78 is 28.9. The summed E-state index contributed by atoms with van der Waals surface area (Å²) >= 11 is 1.40. The van der Waals surface area contributed by atoms with Gasteiger partial charge in [-0.15, -0.1) is 5.10 Å². The molecule has 110 valence electrons. The summed E-state index contributed by atoms with van der Waals surface area (Å²) in [5, 5.41) is 15.5. The number of rotatable bonds is 4. The van der Waals surface area contributed by atoms with E-state index in [-0.39, 0.29) is 17.4 Å². The highest BCUT2D eigenvalue weighted by Crippen LogP contribution is 2.25. The highest BCUT2D eigenvalue weighted by molar-refractivity contribution is 7.99. The maximum Gasteiger partial charge on any atom is 0.209 e. The third-order valence-corrected chi connectivity index (χ3v) is 4.11. The molecule has 1 aromatic heterocycles. The van der Waals surface area contributed by atoms with Crippen LogP contribution in [0.15, 0.2) is 28.5 Å². The first kappa shape index (κ1) is 13.9. The average molecular weight is 311 g/mol. The van der Waals surface area contributed by atoms with Crippen LogP contribution in [0.5, 0.6) is 0 Å². The van der Waals surface area contributed by atoms with Crippen LogP contribution < -0.4 is 0 Å². The normalized spacial score (nSPS) is 17.7. The van der Waals surface area contributed by atoms with Gasteiger partial charge in [-0.3, -0.25) is 0 Å². The van der Waals surface area contributed by atoms with E-state index in [9.17, 15) is 8.78 Å². The molecular formula is C12H11F2N5OS. The quantitative estimate of drug-likeness (QED) is 0.805. The number of oxime groups is 1. The number of thioether (sulfide) groups is 1. The van der Waals surface area contributed by atoms with Gasteiger partial charge in [0.15, 0.2) is 0 Å². The molecule has 1 aromatic carbocycles. The molecule has 9 heteroatoms. The first-order chi connectivity index (χ1) is 10.1. The second-order valence-electron chi connectivity index (χ2n) is 4.46. The molecule has 21 heavy (non-hydrogen) atoms. The van der Waals surface area contributed by atoms with E-state index < -0.39 is 11.6 Å². The van der Waals surface area contributed by atoms with Crippen LogP contribution in [0.1, 0.15) is 12.0 Å². The molecule has 3 rings (SSSR count). The largest absolute Gasteiger partial charge is 0.391 e. The number of aromatic nitrogens is 4. The van der Waals surface area contributed by atoms with Crippen LogP contribution in [0.25, 0.3) is 0 Å². The van der Waals surface area contributed by atoms with Gasteiger partial charge < -0.3 is 4.84 Å². The van der Waals surface area contributed by atoms with E-state index in [1.165, 1.54) is 34.6 Å². The first-order valence-corrected chi connectivity index (χ1v) is 7.16. The van der Waals surface area contributed by atoms with Gasteiger partial charge in [0.2, 0.25) is 5.16 Å². The molecule has 1 aliphatic rings. The highest BCUT2D eigenvalue weighted by Gasteiger charge is 2.26. The lowest BCUT2D eigenvalue weighted by Gasteiger charge is -2.06. The zero-order valence-corrected chi connectivity index (χ0v) is 11.8. The van der Waals surface area contributed by atoms with E-state index in [0.717, 1.165) is 0 Å². The molecule has 1 atom stereocenters. The van der Waals surface area contributed by atoms with Crippen molar-refractivity contribution in [3.05, 3.63) is 35.4 Å². The van der Waals surface area contributed by atoms with Crippen LogP contribution in [0, 0.1) is 11.6 Å². The Bertz CT molecular complexity index is 670. The Morgan fingerprint density at radius 3 is 2.81 bits per heavy atom. The molecule has 1 aliphatic heterocycles. The molecular weight excluding hydrogens is 300 g/mol. The number of benzene rings is 1. The van der Waals surface area contributed by atoms with E-state index in [0.29, 0.717) is 17.3 Å². The predicted octanol–water partition coefficient (Wildman–Crippen LogP) is 1.77. The zero-order valence-electron chi connectivity index (χ0n) is 11.0. The molecule has 0 fully saturated rings. The maximum atomic E-state index is 13.7. The van der Waals surface area contributed by atoms with Gasteiger partial charge >= 0.3 is 0 Å². The van der Waals surface area contributed by atoms with Crippen LogP contribution in [-0.2, 0) is 11.9 Å². The van der Waals surface area contributed by atoms with Gasteiger partial charge in [-0.25, -0.2) is 13.5 Å². The zero-order chi connectivity index (χ0) is 14.8. The number of nitrogens with zero attached hydrogens (tertiary/aromatic N) is 5. The summed E-state index contributed by atoms with van der Waals surface area (Å²) in [4.78, 5) is 5.22. The molecule has 0 amide bonds. The van der Waals surface area contributed by atoms with Gasteiger partial charge in [0.1, 0.15) is 17.7 Å². The van der Waals surface area contributed by atoms with Crippen molar-refractivity contribution < 1.29 is 13.6 Å². The minimum Gasteiger partial charge on any atom is -0.391 e. The number of halogens is 2. The minimum absolute atomic E-state index is 0.120. The van der Waals surface area contributed by atoms with Crippen molar-refractivity contribution in [1.29, 1.82) is 0 Å². The second-order valence-corrected chi connectivity index (χ2v) is 5.45. The third kappa shape index (κ3) is 2.87. The Morgan fingerprint density at radius 1 is 1.38 bits per heavy atom. The maximum absolute atomic E-state index is 13.7. The van der Waals surface area contributed by atoms with Crippen molar-refractivity contribution in [2.24, 2.45) is 12.2 Å². The summed E-state index contributed by atoms with van der Waals surface area (Å²) in [6.45, 7) is 0. The summed E-state index contributed by atoms with van der Waals surface area (Å²) in [5.74, 6) is -0.733. The molecule has 6 nitrogen and oxygen atoms in total. The predicted molar refractivity (Wildman–Crippen MR) is 71.9 cm³/mol. The van der Waals surface area contributed by atoms with Crippen molar-refractivity contribution in [1.82, 2.24) is 20.2 Å². The van der Waals surface area contributed by atoms with Gasteiger partial charge in [0.05, 0.1) is 11.3 Å². The lowest BCUT2D eigenvalue weighted by Crippen LogP contribution is -2.13. The molecule has 2 heterocycles. The number of hydrogen-bond donors (Lipinski definition) is 0. The molecule has 0 N–H and O–H groups in total. The fraction of sp³-hybridized carbons (Fsp3) is 0.333. The lowest BCUT2D eigenvalue weighted by molar-refractivity contribution is 0.103. The fourth-order valence-corrected chi connectivity index (χ4v) is 2.78. The molecule has 0 unspecified atom stereocenters. The number of aryl methyl sites for hydroxylation is 1. The minimum atomic E-state index is -0.636. The average Bonchev–Trinajstić information content (AvgIpc) is 3.06. The summed E-state index contributed by atoms with van der Waals surface area (Å²) in [6, 6.07) is 3.72. The van der Waals surface area contributed by atoms with Crippen molar-refractivity contribution in [3.63, 3.8) is 0 Å². The van der Waals surface area contributed by atoms with Gasteiger partial charge in [0, 0.05) is 19.2 Å². The van der Waals surface area contributed by atoms with E-state index in [2.05, 4.69) is 20.7 Å². The molecule has 0 spiro atoms. The molecule has 0 aliphatic carbocycles. The molecule has 0 saturated heterocycles. The Hall–Kier alpha value is -2.03. The molecule has 0 radical (unpaired) electrons. The lowest BCUT2D eigenvalue weighted by atomic mass is 10.0. The number of tetrazole rings is 1. The van der Waals surface area contributed by atoms with Crippen molar-refractivity contribution in [3.8, 4) is 0 Å². The fourth-order valence-electron chi connectivity index (χ4n) is 1.95. The SMILES string of the molecule is Cn1nnnc1SC[C@H]1CC(c2c(F)cccc2F)=NO1. The second kappa shape index (κ2) is 5.76. The van der Waals surface area contributed by atoms with E-state index in [1.807, 2.05) is 0 Å². The van der Waals surface area contributed by atoms with Crippen LogP contribution in [-0.4, -0.2) is 37.8 Å². The van der Waals surface area contributed by atoms with Crippen LogP contribution in [0.4, 0.5) is 8.78 Å². The van der Waals surface area contributed by atoms with Crippen molar-refractivity contribution in [2.75, 3.05) is 5.75 Å². The van der Waals surface area contributed by atoms with Gasteiger partial charge in [-0.05, 0) is 22.6 Å². The van der Waals surface area contributed by atoms with Crippen LogP contribution >= 0.6 is 11.8 Å². The van der Waals surface area contributed by atoms with E-state index in [4.69, 9.17) is 4.84 Å². The monoisotopic (exact) mass is 311 g/mol. The van der Waals surface area contributed by atoms with Crippen LogP contribution in [0.3, 0.4) is 0 Å². The highest BCUT2D eigenvalue weighted by atomic mass is 32.2. The molecule has 0 saturated carbocycles. The smallest absolute Gasteiger partial charge is 0.209 e. The Kier molecular flexibility index (Phi) is 3.82. The van der Waals surface area contributed by atoms with E-state index in [1.54, 1.807) is 7.05 Å². The van der Waals surface area contributed by atoms with Crippen molar-refractivity contribution >= 4 is 17.5 Å². The van der Waals surface area contributed by atoms with E-state index >= 15 is 0 Å². The van der Waals surface area contributed by atoms with Gasteiger partial charge in [0.25, 0.3) is 0 Å². The summed E-state index contributed by atoms with van der Waals surface area (Å²) in [5.41, 5.74) is 0.164. The Balaban J connectivity index is 1.64. The first-order valence-electron chi connectivity index (χ1n) is 6.17. The number of hydrogen-bond acceptors (Lipinski definition) is 6. The Labute approximate surface area is 123 Å². The van der Waals surface area contributed by atoms with Crippen LogP contribution in [0.2, 0.25) is 0 Å². The molecule has 0 bridgehead atoms. The third-order valence-electron chi connectivity index (χ3n) is 2.96. The topological polar surface area (TPSA) is 65.2 Å². The van der Waals surface area contributed by atoms with Gasteiger partial charge in [-0.2, -0.15) is 0 Å². The van der Waals surface area contributed by atoms with Crippen molar-refractivity contribution in [2.45, 2.75) is 17.7 Å².